The van der Waals surface area contributed by atoms with Gasteiger partial charge in [0.05, 0.1) is 13.2 Å². The Kier molecular flexibility index (Phi) is 5.39. The number of carbonyl (C=O) groups excluding carboxylic acids is 1. The standard InChI is InChI=1S/C14H22N4O2/c1-2-16-3-5-17(6-4-16)12-13(11-15)14(19)18-7-9-20-10-8-18/h12H,2-10H2,1H3/b13-12-. The number of morpholine rings is 1. The van der Waals surface area contributed by atoms with Gasteiger partial charge in [-0.25, -0.2) is 0 Å². The lowest BCUT2D eigenvalue weighted by molar-refractivity contribution is -0.130. The summed E-state index contributed by atoms with van der Waals surface area (Å²) in [6.45, 7) is 9.16. The number of nitrogens with zero attached hydrogens (tertiary/aromatic N) is 4. The predicted octanol–water partition coefficient (Wildman–Crippen LogP) is -0.110. The first-order chi connectivity index (χ1) is 9.74. The molecule has 2 heterocycles. The Morgan fingerprint density at radius 3 is 2.40 bits per heavy atom. The molecule has 0 atom stereocenters. The van der Waals surface area contributed by atoms with Crippen LogP contribution in [0, 0.1) is 11.3 Å². The minimum Gasteiger partial charge on any atom is -0.378 e. The fourth-order valence-electron chi connectivity index (χ4n) is 2.46. The molecule has 0 aliphatic carbocycles. The second kappa shape index (κ2) is 7.27. The summed E-state index contributed by atoms with van der Waals surface area (Å²) in [6, 6.07) is 2.05. The van der Waals surface area contributed by atoms with Crippen LogP contribution >= 0.6 is 0 Å². The zero-order valence-electron chi connectivity index (χ0n) is 12.0. The Morgan fingerprint density at radius 2 is 1.85 bits per heavy atom. The van der Waals surface area contributed by atoms with Gasteiger partial charge in [-0.2, -0.15) is 5.26 Å². The van der Waals surface area contributed by atoms with E-state index in [4.69, 9.17) is 4.74 Å². The quantitative estimate of drug-likeness (QED) is 0.532. The van der Waals surface area contributed by atoms with E-state index in [9.17, 15) is 10.1 Å². The molecule has 2 fully saturated rings. The first-order valence-electron chi connectivity index (χ1n) is 7.20. The zero-order valence-corrected chi connectivity index (χ0v) is 12.0. The van der Waals surface area contributed by atoms with Gasteiger partial charge in [-0.3, -0.25) is 4.79 Å². The normalized spacial score (nSPS) is 21.7. The van der Waals surface area contributed by atoms with Gasteiger partial charge >= 0.3 is 0 Å². The zero-order chi connectivity index (χ0) is 14.4. The van der Waals surface area contributed by atoms with Gasteiger partial charge in [0.15, 0.2) is 0 Å². The molecule has 6 heteroatoms. The average molecular weight is 278 g/mol. The highest BCUT2D eigenvalue weighted by Crippen LogP contribution is 2.08. The number of rotatable bonds is 3. The van der Waals surface area contributed by atoms with Gasteiger partial charge in [0.1, 0.15) is 11.6 Å². The molecule has 20 heavy (non-hydrogen) atoms. The van der Waals surface area contributed by atoms with Crippen LogP contribution < -0.4 is 0 Å². The first kappa shape index (κ1) is 14.8. The van der Waals surface area contributed by atoms with Crippen molar-refractivity contribution < 1.29 is 9.53 Å². The molecule has 0 spiro atoms. The predicted molar refractivity (Wildman–Crippen MR) is 74.8 cm³/mol. The van der Waals surface area contributed by atoms with Crippen LogP contribution in [0.1, 0.15) is 6.92 Å². The Labute approximate surface area is 120 Å². The number of piperazine rings is 1. The van der Waals surface area contributed by atoms with E-state index in [0.29, 0.717) is 26.3 Å². The Hall–Kier alpha value is -1.58. The molecular formula is C14H22N4O2. The van der Waals surface area contributed by atoms with Gasteiger partial charge < -0.3 is 19.4 Å². The van der Waals surface area contributed by atoms with Crippen LogP contribution in [0.2, 0.25) is 0 Å². The number of carbonyl (C=O) groups is 1. The van der Waals surface area contributed by atoms with Gasteiger partial charge in [-0.15, -0.1) is 0 Å². The summed E-state index contributed by atoms with van der Waals surface area (Å²) in [7, 11) is 0. The molecule has 2 aliphatic heterocycles. The number of hydrogen-bond donors (Lipinski definition) is 0. The van der Waals surface area contributed by atoms with Gasteiger partial charge in [0, 0.05) is 45.5 Å². The molecule has 0 saturated carbocycles. The van der Waals surface area contributed by atoms with Crippen LogP contribution in [0.5, 0.6) is 0 Å². The van der Waals surface area contributed by atoms with Crippen molar-refractivity contribution in [1.29, 1.82) is 5.26 Å². The summed E-state index contributed by atoms with van der Waals surface area (Å²) >= 11 is 0. The van der Waals surface area contributed by atoms with Crippen molar-refractivity contribution in [1.82, 2.24) is 14.7 Å². The lowest BCUT2D eigenvalue weighted by Gasteiger charge is -2.33. The highest BCUT2D eigenvalue weighted by Gasteiger charge is 2.22. The van der Waals surface area contributed by atoms with E-state index in [-0.39, 0.29) is 11.5 Å². The minimum absolute atomic E-state index is 0.172. The van der Waals surface area contributed by atoms with Gasteiger partial charge in [0.25, 0.3) is 5.91 Å². The van der Waals surface area contributed by atoms with E-state index < -0.39 is 0 Å². The smallest absolute Gasteiger partial charge is 0.266 e. The number of nitriles is 1. The van der Waals surface area contributed by atoms with Crippen LogP contribution in [-0.4, -0.2) is 79.6 Å². The van der Waals surface area contributed by atoms with Crippen molar-refractivity contribution in [3.05, 3.63) is 11.8 Å². The SMILES string of the molecule is CCN1CCN(/C=C(/C#N)C(=O)N2CCOCC2)CC1. The number of amides is 1. The second-order valence-corrected chi connectivity index (χ2v) is 5.03. The molecule has 2 aliphatic rings. The summed E-state index contributed by atoms with van der Waals surface area (Å²) in [5.74, 6) is -0.172. The Morgan fingerprint density at radius 1 is 1.20 bits per heavy atom. The van der Waals surface area contributed by atoms with Gasteiger partial charge in [-0.05, 0) is 6.54 Å². The Bertz CT molecular complexity index is 402. The lowest BCUT2D eigenvalue weighted by Crippen LogP contribution is -2.45. The first-order valence-corrected chi connectivity index (χ1v) is 7.20. The summed E-state index contributed by atoms with van der Waals surface area (Å²) in [4.78, 5) is 18.4. The molecule has 110 valence electrons. The van der Waals surface area contributed by atoms with Crippen LogP contribution in [0.25, 0.3) is 0 Å². The molecular weight excluding hydrogens is 256 g/mol. The van der Waals surface area contributed by atoms with Crippen LogP contribution in [0.3, 0.4) is 0 Å². The molecule has 2 rings (SSSR count). The van der Waals surface area contributed by atoms with Gasteiger partial charge in [-0.1, -0.05) is 6.92 Å². The highest BCUT2D eigenvalue weighted by atomic mass is 16.5. The maximum atomic E-state index is 12.3. The van der Waals surface area contributed by atoms with E-state index in [0.717, 1.165) is 32.7 Å². The molecule has 0 aromatic rings. The average Bonchev–Trinajstić information content (AvgIpc) is 2.53. The molecule has 2 saturated heterocycles. The fourth-order valence-corrected chi connectivity index (χ4v) is 2.46. The molecule has 0 bridgehead atoms. The largest absolute Gasteiger partial charge is 0.378 e. The van der Waals surface area contributed by atoms with Crippen molar-refractivity contribution in [2.45, 2.75) is 6.92 Å². The molecule has 0 radical (unpaired) electrons. The summed E-state index contributed by atoms with van der Waals surface area (Å²) < 4.78 is 5.23. The van der Waals surface area contributed by atoms with Crippen molar-refractivity contribution in [2.24, 2.45) is 0 Å². The van der Waals surface area contributed by atoms with E-state index in [1.165, 1.54) is 0 Å². The number of likely N-dealkylation sites (N-methyl/N-ethyl adjacent to an activating group) is 1. The number of hydrogen-bond acceptors (Lipinski definition) is 5. The molecule has 0 aromatic heterocycles. The minimum atomic E-state index is -0.172. The third-order valence-corrected chi connectivity index (χ3v) is 3.81. The maximum absolute atomic E-state index is 12.3. The molecule has 0 N–H and O–H groups in total. The van der Waals surface area contributed by atoms with E-state index in [2.05, 4.69) is 16.7 Å². The van der Waals surface area contributed by atoms with Crippen molar-refractivity contribution in [2.75, 3.05) is 59.0 Å². The third-order valence-electron chi connectivity index (χ3n) is 3.81. The Balaban J connectivity index is 1.95. The third kappa shape index (κ3) is 3.71. The van der Waals surface area contributed by atoms with E-state index >= 15 is 0 Å². The van der Waals surface area contributed by atoms with E-state index in [1.807, 2.05) is 6.07 Å². The van der Waals surface area contributed by atoms with Crippen LogP contribution in [-0.2, 0) is 9.53 Å². The van der Waals surface area contributed by atoms with Crippen molar-refractivity contribution >= 4 is 5.91 Å². The number of ether oxygens (including phenoxy) is 1. The van der Waals surface area contributed by atoms with Crippen LogP contribution in [0.15, 0.2) is 11.8 Å². The summed E-state index contributed by atoms with van der Waals surface area (Å²) in [5, 5.41) is 9.22. The molecule has 0 aromatic carbocycles. The maximum Gasteiger partial charge on any atom is 0.266 e. The second-order valence-electron chi connectivity index (χ2n) is 5.03. The highest BCUT2D eigenvalue weighted by molar-refractivity contribution is 5.97. The molecule has 0 unspecified atom stereocenters. The molecule has 1 amide bonds. The van der Waals surface area contributed by atoms with Crippen molar-refractivity contribution in [3.63, 3.8) is 0 Å². The topological polar surface area (TPSA) is 59.8 Å². The van der Waals surface area contributed by atoms with Gasteiger partial charge in [0.2, 0.25) is 0 Å². The van der Waals surface area contributed by atoms with E-state index in [1.54, 1.807) is 11.1 Å². The fraction of sp³-hybridized carbons (Fsp3) is 0.714. The lowest BCUT2D eigenvalue weighted by atomic mass is 10.2. The summed E-state index contributed by atoms with van der Waals surface area (Å²) in [6.07, 6.45) is 1.73. The molecule has 6 nitrogen and oxygen atoms in total. The monoisotopic (exact) mass is 278 g/mol. The summed E-state index contributed by atoms with van der Waals surface area (Å²) in [5.41, 5.74) is 0.233. The van der Waals surface area contributed by atoms with Crippen molar-refractivity contribution in [3.8, 4) is 6.07 Å². The van der Waals surface area contributed by atoms with Crippen LogP contribution in [0.4, 0.5) is 0 Å².